The maximum atomic E-state index is 12.1. The molecule has 4 heteroatoms. The number of carbonyl (C=O) groups is 2. The zero-order valence-electron chi connectivity index (χ0n) is 11.8. The Morgan fingerprint density at radius 2 is 1.85 bits per heavy atom. The minimum Gasteiger partial charge on any atom is -0.324 e. The van der Waals surface area contributed by atoms with Crippen LogP contribution in [0.25, 0.3) is 0 Å². The van der Waals surface area contributed by atoms with E-state index in [1.54, 1.807) is 6.92 Å². The van der Waals surface area contributed by atoms with E-state index >= 15 is 0 Å². The lowest BCUT2D eigenvalue weighted by Crippen LogP contribution is -2.33. The van der Waals surface area contributed by atoms with Crippen molar-refractivity contribution in [3.63, 3.8) is 0 Å². The molecule has 0 saturated heterocycles. The van der Waals surface area contributed by atoms with Gasteiger partial charge in [0.25, 0.3) is 0 Å². The summed E-state index contributed by atoms with van der Waals surface area (Å²) >= 11 is 0. The van der Waals surface area contributed by atoms with Gasteiger partial charge in [0.1, 0.15) is 0 Å². The number of nitrogens with one attached hydrogen (secondary N) is 1. The van der Waals surface area contributed by atoms with Gasteiger partial charge < -0.3 is 10.2 Å². The van der Waals surface area contributed by atoms with Crippen LogP contribution in [0.5, 0.6) is 0 Å². The van der Waals surface area contributed by atoms with Crippen molar-refractivity contribution in [1.29, 1.82) is 0 Å². The lowest BCUT2D eigenvalue weighted by atomic mass is 9.85. The SMILES string of the molecule is CC(=O)N(c1ccccc1NC(=O)C1CCC1)C1CC1. The second-order valence-electron chi connectivity index (χ2n) is 5.75. The number of benzene rings is 1. The molecule has 0 heterocycles. The third-order valence-electron chi connectivity index (χ3n) is 4.15. The number of hydrogen-bond donors (Lipinski definition) is 1. The maximum absolute atomic E-state index is 12.1. The lowest BCUT2D eigenvalue weighted by Gasteiger charge is -2.27. The number of anilines is 2. The third-order valence-corrected chi connectivity index (χ3v) is 4.15. The van der Waals surface area contributed by atoms with Crippen LogP contribution in [0.3, 0.4) is 0 Å². The Hall–Kier alpha value is -1.84. The molecule has 2 aliphatic carbocycles. The third kappa shape index (κ3) is 2.55. The van der Waals surface area contributed by atoms with Crippen molar-refractivity contribution in [2.75, 3.05) is 10.2 Å². The molecule has 0 radical (unpaired) electrons. The first-order valence-electron chi connectivity index (χ1n) is 7.36. The average Bonchev–Trinajstić information content (AvgIpc) is 3.13. The molecule has 4 nitrogen and oxygen atoms in total. The lowest BCUT2D eigenvalue weighted by molar-refractivity contribution is -0.122. The molecule has 0 bridgehead atoms. The normalized spacial score (nSPS) is 18.2. The monoisotopic (exact) mass is 272 g/mol. The Labute approximate surface area is 119 Å². The van der Waals surface area contributed by atoms with Crippen LogP contribution in [-0.4, -0.2) is 17.9 Å². The van der Waals surface area contributed by atoms with Crippen molar-refractivity contribution < 1.29 is 9.59 Å². The highest BCUT2D eigenvalue weighted by atomic mass is 16.2. The molecular weight excluding hydrogens is 252 g/mol. The van der Waals surface area contributed by atoms with Gasteiger partial charge >= 0.3 is 0 Å². The molecule has 0 atom stereocenters. The first kappa shape index (κ1) is 13.2. The molecule has 0 spiro atoms. The summed E-state index contributed by atoms with van der Waals surface area (Å²) in [6.45, 7) is 1.59. The Kier molecular flexibility index (Phi) is 3.47. The molecule has 0 aromatic heterocycles. The summed E-state index contributed by atoms with van der Waals surface area (Å²) in [5, 5.41) is 3.00. The van der Waals surface area contributed by atoms with Crippen LogP contribution < -0.4 is 10.2 Å². The van der Waals surface area contributed by atoms with Gasteiger partial charge in [-0.3, -0.25) is 9.59 Å². The van der Waals surface area contributed by atoms with Gasteiger partial charge in [-0.05, 0) is 37.8 Å². The first-order valence-corrected chi connectivity index (χ1v) is 7.36. The van der Waals surface area contributed by atoms with Crippen LogP contribution in [0.4, 0.5) is 11.4 Å². The fraction of sp³-hybridized carbons (Fsp3) is 0.500. The fourth-order valence-corrected chi connectivity index (χ4v) is 2.65. The molecule has 2 fully saturated rings. The molecule has 1 N–H and O–H groups in total. The van der Waals surface area contributed by atoms with E-state index in [2.05, 4.69) is 5.32 Å². The number of carbonyl (C=O) groups excluding carboxylic acids is 2. The highest BCUT2D eigenvalue weighted by Crippen LogP contribution is 2.36. The van der Waals surface area contributed by atoms with E-state index in [4.69, 9.17) is 0 Å². The largest absolute Gasteiger partial charge is 0.324 e. The molecule has 2 amide bonds. The van der Waals surface area contributed by atoms with Crippen molar-refractivity contribution >= 4 is 23.2 Å². The van der Waals surface area contributed by atoms with Crippen LogP contribution in [0.1, 0.15) is 39.0 Å². The quantitative estimate of drug-likeness (QED) is 0.916. The zero-order chi connectivity index (χ0) is 14.1. The van der Waals surface area contributed by atoms with Crippen molar-refractivity contribution in [1.82, 2.24) is 0 Å². The van der Waals surface area contributed by atoms with E-state index in [0.717, 1.165) is 43.5 Å². The van der Waals surface area contributed by atoms with E-state index in [-0.39, 0.29) is 17.7 Å². The minimum absolute atomic E-state index is 0.0397. The van der Waals surface area contributed by atoms with Crippen LogP contribution >= 0.6 is 0 Å². The van der Waals surface area contributed by atoms with Gasteiger partial charge in [0.15, 0.2) is 0 Å². The van der Waals surface area contributed by atoms with Gasteiger partial charge in [-0.2, -0.15) is 0 Å². The molecule has 0 unspecified atom stereocenters. The number of rotatable bonds is 4. The Morgan fingerprint density at radius 1 is 1.15 bits per heavy atom. The van der Waals surface area contributed by atoms with Gasteiger partial charge in [0.2, 0.25) is 11.8 Å². The van der Waals surface area contributed by atoms with Crippen molar-refractivity contribution in [3.8, 4) is 0 Å². The number of para-hydroxylation sites is 2. The predicted octanol–water partition coefficient (Wildman–Crippen LogP) is 2.94. The van der Waals surface area contributed by atoms with E-state index in [1.165, 1.54) is 0 Å². The van der Waals surface area contributed by atoms with Crippen molar-refractivity contribution in [2.24, 2.45) is 5.92 Å². The fourth-order valence-electron chi connectivity index (χ4n) is 2.65. The molecule has 1 aromatic carbocycles. The van der Waals surface area contributed by atoms with E-state index in [1.807, 2.05) is 29.2 Å². The van der Waals surface area contributed by atoms with E-state index in [9.17, 15) is 9.59 Å². The van der Waals surface area contributed by atoms with Crippen LogP contribution in [0.2, 0.25) is 0 Å². The van der Waals surface area contributed by atoms with Crippen LogP contribution in [0.15, 0.2) is 24.3 Å². The number of amides is 2. The molecule has 1 aromatic rings. The Morgan fingerprint density at radius 3 is 2.40 bits per heavy atom. The van der Waals surface area contributed by atoms with Crippen LogP contribution in [0, 0.1) is 5.92 Å². The summed E-state index contributed by atoms with van der Waals surface area (Å²) in [7, 11) is 0. The topological polar surface area (TPSA) is 49.4 Å². The summed E-state index contributed by atoms with van der Waals surface area (Å²) in [6, 6.07) is 7.90. The van der Waals surface area contributed by atoms with Crippen molar-refractivity contribution in [2.45, 2.75) is 45.1 Å². The van der Waals surface area contributed by atoms with Gasteiger partial charge in [-0.25, -0.2) is 0 Å². The zero-order valence-corrected chi connectivity index (χ0v) is 11.8. The summed E-state index contributed by atoms with van der Waals surface area (Å²) in [5.41, 5.74) is 1.58. The highest BCUT2D eigenvalue weighted by Gasteiger charge is 2.33. The molecule has 2 saturated carbocycles. The highest BCUT2D eigenvalue weighted by molar-refractivity contribution is 6.01. The molecule has 2 aliphatic rings. The van der Waals surface area contributed by atoms with Gasteiger partial charge in [0.05, 0.1) is 11.4 Å². The van der Waals surface area contributed by atoms with Crippen molar-refractivity contribution in [3.05, 3.63) is 24.3 Å². The standard InChI is InChI=1S/C16H20N2O2/c1-11(19)18(13-9-10-13)15-8-3-2-7-14(15)17-16(20)12-5-4-6-12/h2-3,7-8,12-13H,4-6,9-10H2,1H3,(H,17,20). The minimum atomic E-state index is 0.0397. The van der Waals surface area contributed by atoms with Gasteiger partial charge in [-0.15, -0.1) is 0 Å². The summed E-state index contributed by atoms with van der Waals surface area (Å²) in [6.07, 6.45) is 5.19. The Bertz CT molecular complexity index is 533. The average molecular weight is 272 g/mol. The second kappa shape index (κ2) is 5.27. The van der Waals surface area contributed by atoms with Crippen LogP contribution in [-0.2, 0) is 9.59 Å². The van der Waals surface area contributed by atoms with E-state index in [0.29, 0.717) is 6.04 Å². The van der Waals surface area contributed by atoms with Gasteiger partial charge in [-0.1, -0.05) is 18.6 Å². The molecule has 20 heavy (non-hydrogen) atoms. The summed E-state index contributed by atoms with van der Waals surface area (Å²) < 4.78 is 0. The molecule has 106 valence electrons. The molecular formula is C16H20N2O2. The van der Waals surface area contributed by atoms with Gasteiger partial charge in [0, 0.05) is 18.9 Å². The second-order valence-corrected chi connectivity index (χ2v) is 5.75. The summed E-state index contributed by atoms with van der Waals surface area (Å²) in [4.78, 5) is 25.8. The molecule has 0 aliphatic heterocycles. The molecule has 3 rings (SSSR count). The summed E-state index contributed by atoms with van der Waals surface area (Å²) in [5.74, 6) is 0.274. The maximum Gasteiger partial charge on any atom is 0.227 e. The smallest absolute Gasteiger partial charge is 0.227 e. The number of nitrogens with zero attached hydrogens (tertiary/aromatic N) is 1. The Balaban J connectivity index is 1.83. The van der Waals surface area contributed by atoms with E-state index < -0.39 is 0 Å². The first-order chi connectivity index (χ1) is 9.66. The predicted molar refractivity (Wildman–Crippen MR) is 78.6 cm³/mol. The number of hydrogen-bond acceptors (Lipinski definition) is 2.